The highest BCUT2D eigenvalue weighted by Crippen LogP contribution is 2.62. The molecule has 0 saturated heterocycles. The maximum Gasteiger partial charge on any atom is 0.302 e. The molecule has 0 radical (unpaired) electrons. The number of allylic oxidation sites excluding steroid dienone is 1. The molecule has 0 unspecified atom stereocenters. The molecule has 2 saturated carbocycles. The zero-order valence-electron chi connectivity index (χ0n) is 17.2. The number of aliphatic hydroxyl groups is 1. The molecule has 3 nitrogen and oxygen atoms in total. The number of esters is 1. The van der Waals surface area contributed by atoms with E-state index < -0.39 is 5.60 Å². The van der Waals surface area contributed by atoms with E-state index in [1.165, 1.54) is 31.8 Å². The van der Waals surface area contributed by atoms with Gasteiger partial charge in [-0.15, -0.1) is 0 Å². The number of hydrogen-bond acceptors (Lipinski definition) is 3. The molecule has 0 aromatic rings. The van der Waals surface area contributed by atoms with Crippen molar-refractivity contribution in [3.05, 3.63) is 11.6 Å². The van der Waals surface area contributed by atoms with Crippen LogP contribution in [0, 0.1) is 22.7 Å². The molecule has 0 bridgehead atoms. The van der Waals surface area contributed by atoms with Gasteiger partial charge in [-0.25, -0.2) is 0 Å². The normalized spacial score (nSPS) is 38.1. The van der Waals surface area contributed by atoms with Gasteiger partial charge in [0.2, 0.25) is 0 Å². The number of hydrogen-bond donors (Lipinski definition) is 1. The van der Waals surface area contributed by atoms with E-state index in [1.54, 1.807) is 0 Å². The number of carbonyl (C=O) groups is 1. The smallest absolute Gasteiger partial charge is 0.302 e. The van der Waals surface area contributed by atoms with Gasteiger partial charge in [-0.05, 0) is 81.1 Å². The second-order valence-corrected chi connectivity index (χ2v) is 9.74. The molecule has 2 aliphatic rings. The predicted octanol–water partition coefficient (Wildman–Crippen LogP) is 5.27. The molecule has 4 atom stereocenters. The Hall–Kier alpha value is -0.830. The van der Waals surface area contributed by atoms with Gasteiger partial charge in [-0.2, -0.15) is 0 Å². The lowest BCUT2D eigenvalue weighted by molar-refractivity contribution is -0.168. The maximum absolute atomic E-state index is 11.2. The first kappa shape index (κ1) is 20.5. The molecule has 0 amide bonds. The summed E-state index contributed by atoms with van der Waals surface area (Å²) in [6, 6.07) is 0. The summed E-state index contributed by atoms with van der Waals surface area (Å²) in [4.78, 5) is 10.9. The van der Waals surface area contributed by atoms with E-state index >= 15 is 0 Å². The van der Waals surface area contributed by atoms with E-state index in [-0.39, 0.29) is 11.4 Å². The zero-order chi connectivity index (χ0) is 18.9. The molecule has 0 aliphatic heterocycles. The Morgan fingerprint density at radius 1 is 1.16 bits per heavy atom. The summed E-state index contributed by atoms with van der Waals surface area (Å²) < 4.78 is 5.01. The monoisotopic (exact) mass is 350 g/mol. The third kappa shape index (κ3) is 4.48. The van der Waals surface area contributed by atoms with Gasteiger partial charge in [0.05, 0.1) is 5.60 Å². The molecule has 144 valence electrons. The molecule has 3 heteroatoms. The van der Waals surface area contributed by atoms with Crippen molar-refractivity contribution in [3.8, 4) is 0 Å². The molecule has 2 aliphatic carbocycles. The number of fused-ring (bicyclic) bond motifs is 1. The van der Waals surface area contributed by atoms with Crippen LogP contribution in [-0.2, 0) is 9.53 Å². The lowest BCUT2D eigenvalue weighted by atomic mass is 9.45. The van der Waals surface area contributed by atoms with E-state index in [0.29, 0.717) is 23.9 Å². The minimum atomic E-state index is -0.575. The molecular weight excluding hydrogens is 312 g/mol. The molecular formula is C22H38O3. The first-order chi connectivity index (χ1) is 11.5. The minimum Gasteiger partial charge on any atom is -0.462 e. The van der Waals surface area contributed by atoms with Gasteiger partial charge in [0.25, 0.3) is 0 Å². The molecule has 0 aromatic heterocycles. The Balaban J connectivity index is 2.11. The van der Waals surface area contributed by atoms with Crippen LogP contribution < -0.4 is 0 Å². The summed E-state index contributed by atoms with van der Waals surface area (Å²) in [5, 5.41) is 11.2. The average Bonchev–Trinajstić information content (AvgIpc) is 2.44. The van der Waals surface area contributed by atoms with Crippen molar-refractivity contribution in [3.63, 3.8) is 0 Å². The van der Waals surface area contributed by atoms with Gasteiger partial charge < -0.3 is 9.84 Å². The molecule has 2 fully saturated rings. The first-order valence-corrected chi connectivity index (χ1v) is 10.0. The SMILES string of the molecule is CC(=O)OC/C=C(\C)CC[C@@H]1[C@@]2(C)CCCC(C)(C)[C@@H]2CC[C@]1(C)O. The van der Waals surface area contributed by atoms with Crippen LogP contribution in [0.15, 0.2) is 11.6 Å². The molecule has 2 rings (SSSR count). The Morgan fingerprint density at radius 2 is 1.84 bits per heavy atom. The van der Waals surface area contributed by atoms with Crippen LogP contribution in [0.4, 0.5) is 0 Å². The maximum atomic E-state index is 11.2. The highest BCUT2D eigenvalue weighted by Gasteiger charge is 2.57. The van der Waals surface area contributed by atoms with E-state index in [9.17, 15) is 9.90 Å². The standard InChI is InChI=1S/C22H38O3/c1-16(11-15-25-17(2)23)8-9-19-21(5)13-7-12-20(3,4)18(21)10-14-22(19,6)24/h11,18-19,24H,7-10,12-15H2,1-6H3/b16-11+/t18-,19+,21-,22-/m0/s1. The summed E-state index contributed by atoms with van der Waals surface area (Å²) in [5.41, 5.74) is 1.27. The third-order valence-electron chi connectivity index (χ3n) is 7.31. The largest absolute Gasteiger partial charge is 0.462 e. The lowest BCUT2D eigenvalue weighted by Crippen LogP contribution is -2.57. The number of rotatable bonds is 5. The Bertz CT molecular complexity index is 517. The van der Waals surface area contributed by atoms with Crippen molar-refractivity contribution >= 4 is 5.97 Å². The molecule has 25 heavy (non-hydrogen) atoms. The minimum absolute atomic E-state index is 0.222. The molecule has 0 heterocycles. The van der Waals surface area contributed by atoms with Gasteiger partial charge in [0.15, 0.2) is 0 Å². The van der Waals surface area contributed by atoms with Gasteiger partial charge in [0, 0.05) is 6.92 Å². The van der Waals surface area contributed by atoms with Crippen molar-refractivity contribution < 1.29 is 14.6 Å². The van der Waals surface area contributed by atoms with Gasteiger partial charge in [-0.1, -0.05) is 32.8 Å². The fourth-order valence-corrected chi connectivity index (χ4v) is 6.04. The summed E-state index contributed by atoms with van der Waals surface area (Å²) >= 11 is 0. The summed E-state index contributed by atoms with van der Waals surface area (Å²) in [6.07, 6.45) is 9.86. The topological polar surface area (TPSA) is 46.5 Å². The van der Waals surface area contributed by atoms with Crippen molar-refractivity contribution in [1.29, 1.82) is 0 Å². The van der Waals surface area contributed by atoms with E-state index in [0.717, 1.165) is 25.7 Å². The molecule has 0 spiro atoms. The Labute approximate surface area is 154 Å². The van der Waals surface area contributed by atoms with Gasteiger partial charge in [-0.3, -0.25) is 4.79 Å². The Morgan fingerprint density at radius 3 is 2.48 bits per heavy atom. The van der Waals surface area contributed by atoms with Crippen molar-refractivity contribution in [2.24, 2.45) is 22.7 Å². The van der Waals surface area contributed by atoms with Crippen molar-refractivity contribution in [2.75, 3.05) is 6.61 Å². The van der Waals surface area contributed by atoms with E-state index in [4.69, 9.17) is 4.74 Å². The summed E-state index contributed by atoms with van der Waals surface area (Å²) in [6.45, 7) is 13.2. The second kappa shape index (κ2) is 7.42. The van der Waals surface area contributed by atoms with Crippen LogP contribution in [-0.4, -0.2) is 23.3 Å². The zero-order valence-corrected chi connectivity index (χ0v) is 17.2. The quantitative estimate of drug-likeness (QED) is 0.543. The van der Waals surface area contributed by atoms with Crippen LogP contribution in [0.2, 0.25) is 0 Å². The first-order valence-electron chi connectivity index (χ1n) is 10.0. The fourth-order valence-electron chi connectivity index (χ4n) is 6.04. The predicted molar refractivity (Wildman–Crippen MR) is 102 cm³/mol. The Kier molecular flexibility index (Phi) is 6.08. The fraction of sp³-hybridized carbons (Fsp3) is 0.864. The van der Waals surface area contributed by atoms with Crippen molar-refractivity contribution in [2.45, 2.75) is 92.1 Å². The van der Waals surface area contributed by atoms with Crippen LogP contribution in [0.3, 0.4) is 0 Å². The summed E-state index contributed by atoms with van der Waals surface area (Å²) in [5.74, 6) is 0.791. The lowest BCUT2D eigenvalue weighted by Gasteiger charge is -2.61. The van der Waals surface area contributed by atoms with Crippen LogP contribution in [0.25, 0.3) is 0 Å². The summed E-state index contributed by atoms with van der Waals surface area (Å²) in [7, 11) is 0. The average molecular weight is 351 g/mol. The van der Waals surface area contributed by atoms with Gasteiger partial charge >= 0.3 is 5.97 Å². The number of ether oxygens (including phenoxy) is 1. The number of carbonyl (C=O) groups excluding carboxylic acids is 1. The highest BCUT2D eigenvalue weighted by atomic mass is 16.5. The van der Waals surface area contributed by atoms with Crippen LogP contribution >= 0.6 is 0 Å². The van der Waals surface area contributed by atoms with E-state index in [2.05, 4.69) is 34.6 Å². The third-order valence-corrected chi connectivity index (χ3v) is 7.31. The second-order valence-electron chi connectivity index (χ2n) is 9.74. The van der Waals surface area contributed by atoms with Crippen molar-refractivity contribution in [1.82, 2.24) is 0 Å². The highest BCUT2D eigenvalue weighted by molar-refractivity contribution is 5.66. The molecule has 0 aromatic carbocycles. The van der Waals surface area contributed by atoms with Gasteiger partial charge in [0.1, 0.15) is 6.61 Å². The van der Waals surface area contributed by atoms with Crippen LogP contribution in [0.1, 0.15) is 86.5 Å². The van der Waals surface area contributed by atoms with Crippen LogP contribution in [0.5, 0.6) is 0 Å². The van der Waals surface area contributed by atoms with E-state index in [1.807, 2.05) is 6.08 Å². The molecule has 1 N–H and O–H groups in total.